The van der Waals surface area contributed by atoms with Crippen LogP contribution >= 0.6 is 0 Å². The topological polar surface area (TPSA) is 49.8 Å². The first-order chi connectivity index (χ1) is 7.60. The average Bonchev–Trinajstić information content (AvgIpc) is 2.74. The number of rotatable bonds is 1. The highest BCUT2D eigenvalue weighted by atomic mass is 19.2. The van der Waals surface area contributed by atoms with Crippen LogP contribution in [0.15, 0.2) is 12.1 Å². The smallest absolute Gasteiger partial charge is 0.165 e. The van der Waals surface area contributed by atoms with Gasteiger partial charge in [-0.2, -0.15) is 5.26 Å². The van der Waals surface area contributed by atoms with E-state index in [0.29, 0.717) is 12.8 Å². The Labute approximate surface area is 92.7 Å². The highest BCUT2D eigenvalue weighted by Gasteiger charge is 2.40. The highest BCUT2D eigenvalue weighted by Crippen LogP contribution is 2.44. The number of anilines is 1. The summed E-state index contributed by atoms with van der Waals surface area (Å²) in [5.74, 6) is -1.91. The summed E-state index contributed by atoms with van der Waals surface area (Å²) in [5, 5.41) is 9.22. The van der Waals surface area contributed by atoms with E-state index in [1.165, 1.54) is 6.07 Å². The van der Waals surface area contributed by atoms with E-state index < -0.39 is 17.0 Å². The average molecular weight is 222 g/mol. The summed E-state index contributed by atoms with van der Waals surface area (Å²) in [7, 11) is 0. The van der Waals surface area contributed by atoms with Crippen LogP contribution in [0.4, 0.5) is 14.5 Å². The molecule has 0 atom stereocenters. The van der Waals surface area contributed by atoms with Crippen molar-refractivity contribution in [1.29, 1.82) is 5.26 Å². The second-order valence-corrected chi connectivity index (χ2v) is 4.23. The standard InChI is InChI=1S/C12H12F2N2/c13-8-3-4-9(16)10(11(8)14)12(7-15)5-1-2-6-12/h3-4H,1-2,5-6,16H2. The Morgan fingerprint density at radius 2 is 1.88 bits per heavy atom. The number of nitriles is 1. The lowest BCUT2D eigenvalue weighted by molar-refractivity contribution is 0.464. The fraction of sp³-hybridized carbons (Fsp3) is 0.417. The van der Waals surface area contributed by atoms with Gasteiger partial charge in [0, 0.05) is 11.3 Å². The lowest BCUT2D eigenvalue weighted by Gasteiger charge is -2.23. The van der Waals surface area contributed by atoms with E-state index in [1.807, 2.05) is 0 Å². The molecule has 1 aromatic carbocycles. The Hall–Kier alpha value is -1.63. The van der Waals surface area contributed by atoms with Gasteiger partial charge in [-0.1, -0.05) is 12.8 Å². The monoisotopic (exact) mass is 222 g/mol. The molecule has 0 unspecified atom stereocenters. The molecule has 1 aliphatic carbocycles. The number of nitrogens with two attached hydrogens (primary N) is 1. The zero-order valence-corrected chi connectivity index (χ0v) is 8.76. The van der Waals surface area contributed by atoms with E-state index in [0.717, 1.165) is 18.9 Å². The molecule has 1 aromatic rings. The Bertz CT molecular complexity index is 457. The third kappa shape index (κ3) is 1.44. The molecule has 2 N–H and O–H groups in total. The zero-order chi connectivity index (χ0) is 11.8. The van der Waals surface area contributed by atoms with E-state index in [1.54, 1.807) is 0 Å². The minimum absolute atomic E-state index is 0.0486. The van der Waals surface area contributed by atoms with Crippen molar-refractivity contribution >= 4 is 5.69 Å². The van der Waals surface area contributed by atoms with Crippen LogP contribution in [0.25, 0.3) is 0 Å². The van der Waals surface area contributed by atoms with Crippen LogP contribution < -0.4 is 5.73 Å². The van der Waals surface area contributed by atoms with Crippen molar-refractivity contribution < 1.29 is 8.78 Å². The van der Waals surface area contributed by atoms with Crippen molar-refractivity contribution in [2.45, 2.75) is 31.1 Å². The van der Waals surface area contributed by atoms with Gasteiger partial charge in [0.05, 0.1) is 11.5 Å². The number of benzene rings is 1. The Morgan fingerprint density at radius 1 is 1.25 bits per heavy atom. The van der Waals surface area contributed by atoms with Crippen LogP contribution in [0.5, 0.6) is 0 Å². The third-order valence-corrected chi connectivity index (χ3v) is 3.28. The van der Waals surface area contributed by atoms with Gasteiger partial charge in [0.2, 0.25) is 0 Å². The number of halogens is 2. The summed E-state index contributed by atoms with van der Waals surface area (Å²) in [6, 6.07) is 4.43. The van der Waals surface area contributed by atoms with Crippen molar-refractivity contribution in [3.63, 3.8) is 0 Å². The lowest BCUT2D eigenvalue weighted by Crippen LogP contribution is -2.23. The molecule has 0 spiro atoms. The van der Waals surface area contributed by atoms with E-state index in [-0.39, 0.29) is 11.3 Å². The van der Waals surface area contributed by atoms with Crippen molar-refractivity contribution in [3.8, 4) is 6.07 Å². The molecule has 0 heterocycles. The van der Waals surface area contributed by atoms with Gasteiger partial charge in [0.15, 0.2) is 11.6 Å². The van der Waals surface area contributed by atoms with E-state index in [4.69, 9.17) is 5.73 Å². The van der Waals surface area contributed by atoms with Crippen LogP contribution in [0.3, 0.4) is 0 Å². The number of hydrogen-bond donors (Lipinski definition) is 1. The summed E-state index contributed by atoms with van der Waals surface area (Å²) in [4.78, 5) is 0. The van der Waals surface area contributed by atoms with Crippen LogP contribution in [0.1, 0.15) is 31.2 Å². The molecule has 0 aromatic heterocycles. The fourth-order valence-corrected chi connectivity index (χ4v) is 2.45. The molecule has 0 aliphatic heterocycles. The first-order valence-electron chi connectivity index (χ1n) is 5.26. The lowest BCUT2D eigenvalue weighted by atomic mass is 9.79. The van der Waals surface area contributed by atoms with Crippen molar-refractivity contribution in [3.05, 3.63) is 29.3 Å². The molecule has 2 rings (SSSR count). The molecule has 84 valence electrons. The minimum Gasteiger partial charge on any atom is -0.398 e. The zero-order valence-electron chi connectivity index (χ0n) is 8.76. The van der Waals surface area contributed by atoms with Gasteiger partial charge in [-0.05, 0) is 25.0 Å². The molecule has 1 saturated carbocycles. The minimum atomic E-state index is -0.969. The summed E-state index contributed by atoms with van der Waals surface area (Å²) in [5.41, 5.74) is 4.96. The number of nitrogens with zero attached hydrogens (tertiary/aromatic N) is 1. The Kier molecular flexibility index (Phi) is 2.55. The predicted molar refractivity (Wildman–Crippen MR) is 56.5 cm³/mol. The van der Waals surface area contributed by atoms with Crippen molar-refractivity contribution in [2.75, 3.05) is 5.73 Å². The SMILES string of the molecule is N#CC1(c2c(N)ccc(F)c2F)CCCC1. The summed E-state index contributed by atoms with van der Waals surface area (Å²) < 4.78 is 26.9. The van der Waals surface area contributed by atoms with Gasteiger partial charge in [-0.15, -0.1) is 0 Å². The van der Waals surface area contributed by atoms with E-state index in [9.17, 15) is 14.0 Å². The number of nitrogen functional groups attached to an aromatic ring is 1. The first-order valence-corrected chi connectivity index (χ1v) is 5.26. The van der Waals surface area contributed by atoms with Crippen molar-refractivity contribution in [2.24, 2.45) is 0 Å². The second-order valence-electron chi connectivity index (χ2n) is 4.23. The van der Waals surface area contributed by atoms with E-state index in [2.05, 4.69) is 6.07 Å². The molecule has 1 aliphatic rings. The van der Waals surface area contributed by atoms with Gasteiger partial charge in [-0.25, -0.2) is 8.78 Å². The molecule has 4 heteroatoms. The molecular weight excluding hydrogens is 210 g/mol. The molecular formula is C12H12F2N2. The van der Waals surface area contributed by atoms with Crippen LogP contribution in [0.2, 0.25) is 0 Å². The Balaban J connectivity index is 2.63. The van der Waals surface area contributed by atoms with Crippen LogP contribution in [-0.2, 0) is 5.41 Å². The Morgan fingerprint density at radius 3 is 2.44 bits per heavy atom. The van der Waals surface area contributed by atoms with E-state index >= 15 is 0 Å². The molecule has 16 heavy (non-hydrogen) atoms. The van der Waals surface area contributed by atoms with Crippen LogP contribution in [-0.4, -0.2) is 0 Å². The maximum Gasteiger partial charge on any atom is 0.165 e. The van der Waals surface area contributed by atoms with Gasteiger partial charge in [0.1, 0.15) is 0 Å². The van der Waals surface area contributed by atoms with Crippen molar-refractivity contribution in [1.82, 2.24) is 0 Å². The molecule has 2 nitrogen and oxygen atoms in total. The van der Waals surface area contributed by atoms with Gasteiger partial charge in [0.25, 0.3) is 0 Å². The largest absolute Gasteiger partial charge is 0.398 e. The summed E-state index contributed by atoms with van der Waals surface area (Å²) >= 11 is 0. The molecule has 0 amide bonds. The fourth-order valence-electron chi connectivity index (χ4n) is 2.45. The number of hydrogen-bond acceptors (Lipinski definition) is 2. The second kappa shape index (κ2) is 3.75. The van der Waals surface area contributed by atoms with Crippen LogP contribution in [0, 0.1) is 23.0 Å². The summed E-state index contributed by atoms with van der Waals surface area (Å²) in [6.07, 6.45) is 2.80. The normalized spacial score (nSPS) is 18.3. The maximum absolute atomic E-state index is 13.7. The quantitative estimate of drug-likeness (QED) is 0.743. The van der Waals surface area contributed by atoms with Gasteiger partial charge >= 0.3 is 0 Å². The maximum atomic E-state index is 13.7. The molecule has 0 saturated heterocycles. The van der Waals surface area contributed by atoms with Gasteiger partial charge in [-0.3, -0.25) is 0 Å². The third-order valence-electron chi connectivity index (χ3n) is 3.28. The highest BCUT2D eigenvalue weighted by molar-refractivity contribution is 5.54. The molecule has 0 radical (unpaired) electrons. The molecule has 1 fully saturated rings. The first kappa shape index (κ1) is 10.9. The predicted octanol–water partition coefficient (Wildman–Crippen LogP) is 2.88. The summed E-state index contributed by atoms with van der Waals surface area (Å²) in [6.45, 7) is 0. The van der Waals surface area contributed by atoms with Gasteiger partial charge < -0.3 is 5.73 Å². The molecule has 0 bridgehead atoms.